The molecule has 6 nitrogen and oxygen atoms in total. The van der Waals surface area contributed by atoms with E-state index in [9.17, 15) is 10.1 Å². The highest BCUT2D eigenvalue weighted by Crippen LogP contribution is 2.27. The number of nitro groups is 1. The zero-order chi connectivity index (χ0) is 15.4. The Morgan fingerprint density at radius 1 is 1.57 bits per heavy atom. The van der Waals surface area contributed by atoms with E-state index in [4.69, 9.17) is 5.26 Å². The summed E-state index contributed by atoms with van der Waals surface area (Å²) in [6.07, 6.45) is 2.80. The van der Waals surface area contributed by atoms with Crippen molar-refractivity contribution in [1.29, 1.82) is 5.26 Å². The first-order chi connectivity index (χ1) is 10.0. The summed E-state index contributed by atoms with van der Waals surface area (Å²) in [6.45, 7) is 4.04. The highest BCUT2D eigenvalue weighted by molar-refractivity contribution is 7.11. The average Bonchev–Trinajstić information content (AvgIpc) is 2.95. The lowest BCUT2D eigenvalue weighted by atomic mass is 10.1. The Morgan fingerprint density at radius 3 is 2.90 bits per heavy atom. The number of anilines is 1. The van der Waals surface area contributed by atoms with Crippen LogP contribution >= 0.6 is 11.3 Å². The molecule has 0 saturated heterocycles. The van der Waals surface area contributed by atoms with Crippen molar-refractivity contribution in [2.24, 2.45) is 0 Å². The number of nitriles is 1. The Hall–Kier alpha value is -2.46. The lowest BCUT2D eigenvalue weighted by molar-refractivity contribution is -0.385. The molecule has 0 aliphatic carbocycles. The molecule has 0 amide bonds. The molecule has 1 heterocycles. The van der Waals surface area contributed by atoms with Gasteiger partial charge in [-0.3, -0.25) is 10.1 Å². The molecule has 1 unspecified atom stereocenters. The van der Waals surface area contributed by atoms with Gasteiger partial charge in [-0.05, 0) is 25.5 Å². The highest BCUT2D eigenvalue weighted by atomic mass is 32.1. The van der Waals surface area contributed by atoms with Crippen molar-refractivity contribution in [3.05, 3.63) is 50.0 Å². The second-order valence-electron chi connectivity index (χ2n) is 4.49. The number of aromatic nitrogens is 1. The van der Waals surface area contributed by atoms with Crippen molar-refractivity contribution in [1.82, 2.24) is 4.98 Å². The minimum Gasteiger partial charge on any atom is -0.376 e. The van der Waals surface area contributed by atoms with Gasteiger partial charge in [-0.25, -0.2) is 4.98 Å². The summed E-state index contributed by atoms with van der Waals surface area (Å²) in [5, 5.41) is 23.9. The number of nitrogens with one attached hydrogen (secondary N) is 1. The van der Waals surface area contributed by atoms with Gasteiger partial charge in [0.1, 0.15) is 16.6 Å². The van der Waals surface area contributed by atoms with Gasteiger partial charge in [0.25, 0.3) is 5.69 Å². The third-order valence-corrected chi connectivity index (χ3v) is 4.31. The predicted octanol–water partition coefficient (Wildman–Crippen LogP) is 3.66. The summed E-state index contributed by atoms with van der Waals surface area (Å²) < 4.78 is 0. The van der Waals surface area contributed by atoms with Crippen LogP contribution in [0.3, 0.4) is 0 Å². The Labute approximate surface area is 126 Å². The normalized spacial score (nSPS) is 11.7. The lowest BCUT2D eigenvalue weighted by Crippen LogP contribution is -2.06. The molecular weight excluding hydrogens is 288 g/mol. The van der Waals surface area contributed by atoms with Crippen LogP contribution in [0.15, 0.2) is 24.4 Å². The SMILES string of the molecule is CCc1cnc(C(C)Nc2ccc([N+](=O)[O-])c(C#N)c2)s1. The first kappa shape index (κ1) is 14.9. The van der Waals surface area contributed by atoms with E-state index in [1.807, 2.05) is 19.2 Å². The van der Waals surface area contributed by atoms with Crippen LogP contribution in [0.2, 0.25) is 0 Å². The highest BCUT2D eigenvalue weighted by Gasteiger charge is 2.15. The molecule has 21 heavy (non-hydrogen) atoms. The summed E-state index contributed by atoms with van der Waals surface area (Å²) in [4.78, 5) is 15.8. The molecule has 1 aromatic heterocycles. The molecule has 0 fully saturated rings. The molecule has 1 atom stereocenters. The molecule has 0 aliphatic heterocycles. The Kier molecular flexibility index (Phi) is 4.50. The molecule has 0 radical (unpaired) electrons. The number of nitro benzene ring substituents is 1. The summed E-state index contributed by atoms with van der Waals surface area (Å²) in [6, 6.07) is 6.25. The maximum absolute atomic E-state index is 10.8. The van der Waals surface area contributed by atoms with E-state index in [1.54, 1.807) is 17.4 Å². The maximum Gasteiger partial charge on any atom is 0.287 e. The van der Waals surface area contributed by atoms with Gasteiger partial charge in [0.2, 0.25) is 0 Å². The zero-order valence-electron chi connectivity index (χ0n) is 11.7. The number of nitrogens with zero attached hydrogens (tertiary/aromatic N) is 3. The van der Waals surface area contributed by atoms with E-state index in [0.29, 0.717) is 5.69 Å². The van der Waals surface area contributed by atoms with Crippen molar-refractivity contribution in [2.75, 3.05) is 5.32 Å². The minimum atomic E-state index is -0.555. The van der Waals surface area contributed by atoms with Gasteiger partial charge in [0, 0.05) is 22.8 Å². The van der Waals surface area contributed by atoms with E-state index < -0.39 is 4.92 Å². The van der Waals surface area contributed by atoms with Crippen LogP contribution in [0, 0.1) is 21.4 Å². The van der Waals surface area contributed by atoms with Crippen molar-refractivity contribution in [2.45, 2.75) is 26.3 Å². The number of rotatable bonds is 5. The number of benzene rings is 1. The lowest BCUT2D eigenvalue weighted by Gasteiger charge is -2.12. The Balaban J connectivity index is 2.19. The van der Waals surface area contributed by atoms with Gasteiger partial charge >= 0.3 is 0 Å². The molecule has 0 spiro atoms. The quantitative estimate of drug-likeness (QED) is 0.672. The van der Waals surface area contributed by atoms with Gasteiger partial charge < -0.3 is 5.32 Å². The van der Waals surface area contributed by atoms with Gasteiger partial charge in [0.15, 0.2) is 0 Å². The largest absolute Gasteiger partial charge is 0.376 e. The van der Waals surface area contributed by atoms with E-state index in [0.717, 1.165) is 11.4 Å². The molecule has 1 aromatic carbocycles. The van der Waals surface area contributed by atoms with Crippen LogP contribution in [0.5, 0.6) is 0 Å². The monoisotopic (exact) mass is 302 g/mol. The fourth-order valence-electron chi connectivity index (χ4n) is 1.87. The van der Waals surface area contributed by atoms with E-state index in [-0.39, 0.29) is 17.3 Å². The van der Waals surface area contributed by atoms with Crippen LogP contribution in [-0.2, 0) is 6.42 Å². The first-order valence-corrected chi connectivity index (χ1v) is 7.26. The number of thiazole rings is 1. The molecule has 108 valence electrons. The maximum atomic E-state index is 10.8. The first-order valence-electron chi connectivity index (χ1n) is 6.44. The van der Waals surface area contributed by atoms with Crippen LogP contribution < -0.4 is 5.32 Å². The fraction of sp³-hybridized carbons (Fsp3) is 0.286. The van der Waals surface area contributed by atoms with Crippen molar-refractivity contribution in [3.63, 3.8) is 0 Å². The molecule has 2 rings (SSSR count). The molecular formula is C14H14N4O2S. The standard InChI is InChI=1S/C14H14N4O2S/c1-3-12-8-16-14(21-12)9(2)17-11-4-5-13(18(19)20)10(6-11)7-15/h4-6,8-9,17H,3H2,1-2H3. The Bertz CT molecular complexity index is 705. The zero-order valence-corrected chi connectivity index (χ0v) is 12.5. The van der Waals surface area contributed by atoms with Gasteiger partial charge in [-0.1, -0.05) is 6.92 Å². The van der Waals surface area contributed by atoms with Crippen LogP contribution in [0.1, 0.15) is 35.3 Å². The van der Waals surface area contributed by atoms with Gasteiger partial charge in [-0.2, -0.15) is 5.26 Å². The van der Waals surface area contributed by atoms with Crippen LogP contribution in [-0.4, -0.2) is 9.91 Å². The number of aryl methyl sites for hydroxylation is 1. The van der Waals surface area contributed by atoms with Crippen LogP contribution in [0.4, 0.5) is 11.4 Å². The van der Waals surface area contributed by atoms with Gasteiger partial charge in [0.05, 0.1) is 11.0 Å². The van der Waals surface area contributed by atoms with Crippen LogP contribution in [0.25, 0.3) is 0 Å². The molecule has 7 heteroatoms. The Morgan fingerprint density at radius 2 is 2.33 bits per heavy atom. The van der Waals surface area contributed by atoms with Crippen molar-refractivity contribution in [3.8, 4) is 6.07 Å². The average molecular weight is 302 g/mol. The van der Waals surface area contributed by atoms with E-state index in [1.165, 1.54) is 17.0 Å². The van der Waals surface area contributed by atoms with E-state index >= 15 is 0 Å². The third-order valence-electron chi connectivity index (χ3n) is 2.99. The summed E-state index contributed by atoms with van der Waals surface area (Å²) >= 11 is 1.63. The van der Waals surface area contributed by atoms with Gasteiger partial charge in [-0.15, -0.1) is 11.3 Å². The summed E-state index contributed by atoms with van der Waals surface area (Å²) in [5.74, 6) is 0. The molecule has 0 bridgehead atoms. The molecule has 2 aromatic rings. The summed E-state index contributed by atoms with van der Waals surface area (Å²) in [7, 11) is 0. The topological polar surface area (TPSA) is 91.8 Å². The minimum absolute atomic E-state index is 0.0247. The van der Waals surface area contributed by atoms with Crippen molar-refractivity contribution < 1.29 is 4.92 Å². The van der Waals surface area contributed by atoms with Crippen molar-refractivity contribution >= 4 is 22.7 Å². The summed E-state index contributed by atoms with van der Waals surface area (Å²) in [5.41, 5.74) is 0.529. The van der Waals surface area contributed by atoms with E-state index in [2.05, 4.69) is 17.2 Å². The molecule has 1 N–H and O–H groups in total. The molecule has 0 saturated carbocycles. The smallest absolute Gasteiger partial charge is 0.287 e. The fourth-order valence-corrected chi connectivity index (χ4v) is 2.73. The molecule has 0 aliphatic rings. The predicted molar refractivity (Wildman–Crippen MR) is 81.3 cm³/mol. The number of hydrogen-bond donors (Lipinski definition) is 1. The second-order valence-corrected chi connectivity index (χ2v) is 5.63. The second kappa shape index (κ2) is 6.33. The number of hydrogen-bond acceptors (Lipinski definition) is 6. The third kappa shape index (κ3) is 3.35.